The van der Waals surface area contributed by atoms with E-state index in [0.717, 1.165) is 25.7 Å². The summed E-state index contributed by atoms with van der Waals surface area (Å²) in [6.07, 6.45) is 13.8. The lowest BCUT2D eigenvalue weighted by atomic mass is 10.1. The molecule has 1 radical (unpaired) electrons. The molecule has 0 aliphatic carbocycles. The van der Waals surface area contributed by atoms with Gasteiger partial charge in [-0.05, 0) is 12.8 Å². The molecule has 0 amide bonds. The molecule has 0 aromatic heterocycles. The molecule has 18 heavy (non-hydrogen) atoms. The van der Waals surface area contributed by atoms with Crippen molar-refractivity contribution in [1.29, 1.82) is 0 Å². The predicted octanol–water partition coefficient (Wildman–Crippen LogP) is 5.06. The highest BCUT2D eigenvalue weighted by atomic mass is 16.5. The minimum absolute atomic E-state index is 0.0357. The number of hydrogen-bond acceptors (Lipinski definition) is 2. The smallest absolute Gasteiger partial charge is 0.305 e. The Morgan fingerprint density at radius 3 is 2.00 bits per heavy atom. The van der Waals surface area contributed by atoms with Crippen molar-refractivity contribution in [2.45, 2.75) is 84.0 Å². The molecule has 0 N–H and O–H groups in total. The lowest BCUT2D eigenvalue weighted by Gasteiger charge is -2.04. The third-order valence-corrected chi connectivity index (χ3v) is 3.14. The van der Waals surface area contributed by atoms with Crippen LogP contribution in [0.1, 0.15) is 84.0 Å². The fraction of sp³-hybridized carbons (Fsp3) is 0.875. The minimum atomic E-state index is -0.0357. The van der Waals surface area contributed by atoms with Crippen molar-refractivity contribution in [1.82, 2.24) is 0 Å². The Morgan fingerprint density at radius 1 is 0.889 bits per heavy atom. The van der Waals surface area contributed by atoms with Gasteiger partial charge in [-0.3, -0.25) is 4.79 Å². The van der Waals surface area contributed by atoms with Crippen molar-refractivity contribution in [3.63, 3.8) is 0 Å². The summed E-state index contributed by atoms with van der Waals surface area (Å²) in [6.45, 7) is 6.50. The van der Waals surface area contributed by atoms with Gasteiger partial charge >= 0.3 is 5.97 Å². The van der Waals surface area contributed by atoms with Gasteiger partial charge in [0, 0.05) is 6.42 Å². The van der Waals surface area contributed by atoms with Gasteiger partial charge in [0.25, 0.3) is 0 Å². The van der Waals surface area contributed by atoms with Crippen LogP contribution >= 0.6 is 0 Å². The number of hydrogen-bond donors (Lipinski definition) is 0. The van der Waals surface area contributed by atoms with E-state index in [1.807, 2.05) is 0 Å². The van der Waals surface area contributed by atoms with E-state index < -0.39 is 0 Å². The van der Waals surface area contributed by atoms with Gasteiger partial charge in [-0.25, -0.2) is 0 Å². The molecule has 0 aromatic rings. The first-order chi connectivity index (χ1) is 8.81. The minimum Gasteiger partial charge on any atom is -0.466 e. The standard InChI is InChI=1S/C16H31O2/c1-3-5-7-8-9-10-11-12-13-14-16(17)18-15-6-4-2/h2-15H2,1H3. The summed E-state index contributed by atoms with van der Waals surface area (Å²) < 4.78 is 5.08. The third kappa shape index (κ3) is 13.5. The second-order valence-electron chi connectivity index (χ2n) is 5.01. The Bertz CT molecular complexity index is 178. The van der Waals surface area contributed by atoms with Gasteiger partial charge in [-0.2, -0.15) is 0 Å². The number of esters is 1. The van der Waals surface area contributed by atoms with Crippen molar-refractivity contribution >= 4 is 5.97 Å². The summed E-state index contributed by atoms with van der Waals surface area (Å²) in [5.74, 6) is -0.0357. The van der Waals surface area contributed by atoms with Crippen molar-refractivity contribution in [2.75, 3.05) is 6.61 Å². The molecule has 0 atom stereocenters. The van der Waals surface area contributed by atoms with Crippen LogP contribution in [0.4, 0.5) is 0 Å². The van der Waals surface area contributed by atoms with E-state index in [-0.39, 0.29) is 5.97 Å². The Balaban J connectivity index is 3.08. The van der Waals surface area contributed by atoms with Gasteiger partial charge in [0.1, 0.15) is 0 Å². The number of rotatable bonds is 13. The Morgan fingerprint density at radius 2 is 1.44 bits per heavy atom. The van der Waals surface area contributed by atoms with E-state index in [1.165, 1.54) is 44.9 Å². The first kappa shape index (κ1) is 17.5. The third-order valence-electron chi connectivity index (χ3n) is 3.14. The summed E-state index contributed by atoms with van der Waals surface area (Å²) in [4.78, 5) is 11.3. The highest BCUT2D eigenvalue weighted by molar-refractivity contribution is 5.69. The van der Waals surface area contributed by atoms with Crippen LogP contribution in [0, 0.1) is 6.92 Å². The van der Waals surface area contributed by atoms with Gasteiger partial charge in [0.05, 0.1) is 6.61 Å². The molecule has 0 heterocycles. The van der Waals surface area contributed by atoms with E-state index in [0.29, 0.717) is 13.0 Å². The van der Waals surface area contributed by atoms with Crippen molar-refractivity contribution in [3.8, 4) is 0 Å². The molecular formula is C16H31O2. The molecular weight excluding hydrogens is 224 g/mol. The maximum absolute atomic E-state index is 11.3. The molecule has 0 saturated carbocycles. The Hall–Kier alpha value is -0.530. The predicted molar refractivity (Wildman–Crippen MR) is 77.4 cm³/mol. The zero-order chi connectivity index (χ0) is 13.5. The van der Waals surface area contributed by atoms with E-state index in [4.69, 9.17) is 4.74 Å². The maximum Gasteiger partial charge on any atom is 0.305 e. The normalized spacial score (nSPS) is 10.6. The summed E-state index contributed by atoms with van der Waals surface area (Å²) in [7, 11) is 0. The summed E-state index contributed by atoms with van der Waals surface area (Å²) in [5, 5.41) is 0. The molecule has 2 nitrogen and oxygen atoms in total. The Kier molecular flexibility index (Phi) is 14.1. The lowest BCUT2D eigenvalue weighted by Crippen LogP contribution is -2.05. The molecule has 0 bridgehead atoms. The largest absolute Gasteiger partial charge is 0.466 e. The first-order valence-electron chi connectivity index (χ1n) is 7.76. The van der Waals surface area contributed by atoms with Gasteiger partial charge in [-0.15, -0.1) is 0 Å². The average Bonchev–Trinajstić information content (AvgIpc) is 2.37. The van der Waals surface area contributed by atoms with E-state index >= 15 is 0 Å². The van der Waals surface area contributed by atoms with Crippen molar-refractivity contribution in [2.24, 2.45) is 0 Å². The van der Waals surface area contributed by atoms with Crippen LogP contribution in [0.15, 0.2) is 0 Å². The number of carbonyl (C=O) groups is 1. The van der Waals surface area contributed by atoms with Crippen LogP contribution in [0.5, 0.6) is 0 Å². The Labute approximate surface area is 113 Å². The van der Waals surface area contributed by atoms with E-state index in [1.54, 1.807) is 0 Å². The molecule has 0 aliphatic rings. The summed E-state index contributed by atoms with van der Waals surface area (Å²) >= 11 is 0. The molecule has 0 aromatic carbocycles. The van der Waals surface area contributed by atoms with E-state index in [9.17, 15) is 4.79 Å². The van der Waals surface area contributed by atoms with Crippen molar-refractivity contribution in [3.05, 3.63) is 6.92 Å². The highest BCUT2D eigenvalue weighted by Crippen LogP contribution is 2.10. The molecule has 0 unspecified atom stereocenters. The first-order valence-corrected chi connectivity index (χ1v) is 7.76. The van der Waals surface area contributed by atoms with Gasteiger partial charge in [0.15, 0.2) is 0 Å². The molecule has 107 valence electrons. The fourth-order valence-electron chi connectivity index (χ4n) is 1.94. The number of unbranched alkanes of at least 4 members (excludes halogenated alkanes) is 9. The zero-order valence-corrected chi connectivity index (χ0v) is 12.2. The van der Waals surface area contributed by atoms with Gasteiger partial charge in [-0.1, -0.05) is 71.6 Å². The van der Waals surface area contributed by atoms with Crippen LogP contribution in [0.25, 0.3) is 0 Å². The molecule has 0 rings (SSSR count). The molecule has 0 fully saturated rings. The monoisotopic (exact) mass is 255 g/mol. The lowest BCUT2D eigenvalue weighted by molar-refractivity contribution is -0.143. The van der Waals surface area contributed by atoms with Crippen LogP contribution in [-0.2, 0) is 9.53 Å². The summed E-state index contributed by atoms with van der Waals surface area (Å²) in [6, 6.07) is 0. The van der Waals surface area contributed by atoms with Gasteiger partial charge < -0.3 is 4.74 Å². The second-order valence-corrected chi connectivity index (χ2v) is 5.01. The topological polar surface area (TPSA) is 26.3 Å². The molecule has 2 heteroatoms. The average molecular weight is 255 g/mol. The number of carbonyl (C=O) groups excluding carboxylic acids is 1. The molecule has 0 spiro atoms. The maximum atomic E-state index is 11.3. The van der Waals surface area contributed by atoms with Crippen LogP contribution in [0.3, 0.4) is 0 Å². The van der Waals surface area contributed by atoms with Crippen molar-refractivity contribution < 1.29 is 9.53 Å². The molecule has 0 aliphatic heterocycles. The fourth-order valence-corrected chi connectivity index (χ4v) is 1.94. The molecule has 0 saturated heterocycles. The van der Waals surface area contributed by atoms with Gasteiger partial charge in [0.2, 0.25) is 0 Å². The quantitative estimate of drug-likeness (QED) is 0.339. The SMILES string of the molecule is [CH2]CCCOC(=O)CCCCCCCCCCC. The summed E-state index contributed by atoms with van der Waals surface area (Å²) in [5.41, 5.74) is 0. The van der Waals surface area contributed by atoms with Crippen LogP contribution in [-0.4, -0.2) is 12.6 Å². The second kappa shape index (κ2) is 14.5. The zero-order valence-electron chi connectivity index (χ0n) is 12.2. The highest BCUT2D eigenvalue weighted by Gasteiger charge is 2.01. The van der Waals surface area contributed by atoms with Crippen LogP contribution in [0.2, 0.25) is 0 Å². The van der Waals surface area contributed by atoms with Crippen LogP contribution < -0.4 is 0 Å². The number of ether oxygens (including phenoxy) is 1. The van der Waals surface area contributed by atoms with E-state index in [2.05, 4.69) is 13.8 Å².